The van der Waals surface area contributed by atoms with Crippen LogP contribution in [0.25, 0.3) is 0 Å². The highest BCUT2D eigenvalue weighted by Gasteiger charge is 2.09. The highest BCUT2D eigenvalue weighted by molar-refractivity contribution is 7.07. The Morgan fingerprint density at radius 2 is 2.33 bits per heavy atom. The number of hydrogen-bond donors (Lipinski definition) is 2. The van der Waals surface area contributed by atoms with Crippen LogP contribution in [0.2, 0.25) is 0 Å². The van der Waals surface area contributed by atoms with Gasteiger partial charge in [-0.2, -0.15) is 11.3 Å². The molecule has 0 saturated heterocycles. The SMILES string of the molecule is CC(N)CCC(=O)NC(C)c1ccsc1. The smallest absolute Gasteiger partial charge is 0.220 e. The maximum absolute atomic E-state index is 11.5. The van der Waals surface area contributed by atoms with Gasteiger partial charge in [-0.15, -0.1) is 0 Å². The van der Waals surface area contributed by atoms with E-state index < -0.39 is 0 Å². The van der Waals surface area contributed by atoms with Crippen LogP contribution in [-0.2, 0) is 4.79 Å². The molecule has 0 fully saturated rings. The molecule has 3 nitrogen and oxygen atoms in total. The lowest BCUT2D eigenvalue weighted by Gasteiger charge is -2.13. The Bertz CT molecular complexity index is 296. The van der Waals surface area contributed by atoms with E-state index in [2.05, 4.69) is 10.7 Å². The Hall–Kier alpha value is -0.870. The number of amides is 1. The molecule has 0 bridgehead atoms. The molecule has 1 rings (SSSR count). The standard InChI is InChI=1S/C11H18N2OS/c1-8(12)3-4-11(14)13-9(2)10-5-6-15-7-10/h5-9H,3-4,12H2,1-2H3,(H,13,14). The molecule has 1 aromatic rings. The zero-order valence-corrected chi connectivity index (χ0v) is 10.0. The van der Waals surface area contributed by atoms with Gasteiger partial charge >= 0.3 is 0 Å². The number of carbonyl (C=O) groups excluding carboxylic acids is 1. The summed E-state index contributed by atoms with van der Waals surface area (Å²) in [4.78, 5) is 11.5. The van der Waals surface area contributed by atoms with Gasteiger partial charge in [0.1, 0.15) is 0 Å². The van der Waals surface area contributed by atoms with E-state index >= 15 is 0 Å². The van der Waals surface area contributed by atoms with Gasteiger partial charge in [0.15, 0.2) is 0 Å². The topological polar surface area (TPSA) is 55.1 Å². The summed E-state index contributed by atoms with van der Waals surface area (Å²) < 4.78 is 0. The molecule has 0 saturated carbocycles. The third kappa shape index (κ3) is 4.44. The highest BCUT2D eigenvalue weighted by Crippen LogP contribution is 2.15. The molecule has 0 radical (unpaired) electrons. The van der Waals surface area contributed by atoms with Crippen LogP contribution in [0.4, 0.5) is 0 Å². The summed E-state index contributed by atoms with van der Waals surface area (Å²) in [6.07, 6.45) is 1.24. The quantitative estimate of drug-likeness (QED) is 0.807. The second-order valence-corrected chi connectivity index (χ2v) is 4.64. The van der Waals surface area contributed by atoms with Crippen molar-refractivity contribution in [1.29, 1.82) is 0 Å². The van der Waals surface area contributed by atoms with Crippen molar-refractivity contribution in [3.8, 4) is 0 Å². The lowest BCUT2D eigenvalue weighted by Crippen LogP contribution is -2.28. The van der Waals surface area contributed by atoms with Gasteiger partial charge in [-0.1, -0.05) is 0 Å². The van der Waals surface area contributed by atoms with Crippen LogP contribution in [0.5, 0.6) is 0 Å². The molecule has 0 aliphatic carbocycles. The molecule has 0 spiro atoms. The van der Waals surface area contributed by atoms with Crippen molar-refractivity contribution in [2.75, 3.05) is 0 Å². The molecule has 15 heavy (non-hydrogen) atoms. The molecule has 0 aromatic carbocycles. The van der Waals surface area contributed by atoms with Crippen molar-refractivity contribution in [2.24, 2.45) is 5.73 Å². The summed E-state index contributed by atoms with van der Waals surface area (Å²) in [5, 5.41) is 7.02. The maximum atomic E-state index is 11.5. The van der Waals surface area contributed by atoms with E-state index in [9.17, 15) is 4.79 Å². The fourth-order valence-corrected chi connectivity index (χ4v) is 2.03. The Labute approximate surface area is 94.7 Å². The van der Waals surface area contributed by atoms with E-state index in [-0.39, 0.29) is 18.0 Å². The zero-order valence-electron chi connectivity index (χ0n) is 9.19. The molecule has 4 heteroatoms. The zero-order chi connectivity index (χ0) is 11.3. The first-order valence-electron chi connectivity index (χ1n) is 5.16. The van der Waals surface area contributed by atoms with Crippen molar-refractivity contribution in [2.45, 2.75) is 38.8 Å². The molecule has 1 amide bonds. The molecule has 2 unspecified atom stereocenters. The van der Waals surface area contributed by atoms with E-state index in [1.165, 1.54) is 0 Å². The minimum Gasteiger partial charge on any atom is -0.350 e. The molecule has 3 N–H and O–H groups in total. The molecule has 84 valence electrons. The lowest BCUT2D eigenvalue weighted by molar-refractivity contribution is -0.121. The fourth-order valence-electron chi connectivity index (χ4n) is 1.28. The first-order valence-corrected chi connectivity index (χ1v) is 6.11. The average Bonchev–Trinajstić information content (AvgIpc) is 2.67. The predicted molar refractivity (Wildman–Crippen MR) is 63.8 cm³/mol. The van der Waals surface area contributed by atoms with Gasteiger partial charge < -0.3 is 11.1 Å². The number of nitrogens with one attached hydrogen (secondary N) is 1. The van der Waals surface area contributed by atoms with Crippen LogP contribution in [0.1, 0.15) is 38.3 Å². The highest BCUT2D eigenvalue weighted by atomic mass is 32.1. The summed E-state index contributed by atoms with van der Waals surface area (Å²) in [6, 6.07) is 2.21. The van der Waals surface area contributed by atoms with Gasteiger partial charge in [0, 0.05) is 12.5 Å². The Balaban J connectivity index is 2.32. The monoisotopic (exact) mass is 226 g/mol. The van der Waals surface area contributed by atoms with Gasteiger partial charge in [0.05, 0.1) is 6.04 Å². The predicted octanol–water partition coefficient (Wildman–Crippen LogP) is 2.05. The fraction of sp³-hybridized carbons (Fsp3) is 0.545. The van der Waals surface area contributed by atoms with Crippen LogP contribution < -0.4 is 11.1 Å². The largest absolute Gasteiger partial charge is 0.350 e. The van der Waals surface area contributed by atoms with Gasteiger partial charge in [-0.3, -0.25) is 4.79 Å². The average molecular weight is 226 g/mol. The number of rotatable bonds is 5. The number of thiophene rings is 1. The molecule has 0 aliphatic rings. The first-order chi connectivity index (χ1) is 7.09. The normalized spacial score (nSPS) is 14.6. The third-order valence-corrected chi connectivity index (χ3v) is 2.95. The van der Waals surface area contributed by atoms with Crippen LogP contribution in [0, 0.1) is 0 Å². The van der Waals surface area contributed by atoms with Crippen molar-refractivity contribution >= 4 is 17.2 Å². The molecular formula is C11H18N2OS. The first kappa shape index (κ1) is 12.2. The Morgan fingerprint density at radius 1 is 1.60 bits per heavy atom. The molecule has 1 heterocycles. The summed E-state index contributed by atoms with van der Waals surface area (Å²) in [7, 11) is 0. The van der Waals surface area contributed by atoms with Crippen molar-refractivity contribution in [1.82, 2.24) is 5.32 Å². The second kappa shape index (κ2) is 5.88. The molecule has 1 aromatic heterocycles. The van der Waals surface area contributed by atoms with E-state index in [0.717, 1.165) is 12.0 Å². The molecule has 0 aliphatic heterocycles. The van der Waals surface area contributed by atoms with Crippen molar-refractivity contribution < 1.29 is 4.79 Å². The lowest BCUT2D eigenvalue weighted by atomic mass is 10.1. The Kier molecular flexibility index (Phi) is 4.78. The van der Waals surface area contributed by atoms with E-state index in [0.29, 0.717) is 6.42 Å². The number of carbonyl (C=O) groups is 1. The summed E-state index contributed by atoms with van der Waals surface area (Å²) in [5.41, 5.74) is 6.75. The second-order valence-electron chi connectivity index (χ2n) is 3.86. The summed E-state index contributed by atoms with van der Waals surface area (Å²) in [6.45, 7) is 3.90. The van der Waals surface area contributed by atoms with E-state index in [4.69, 9.17) is 5.73 Å². The number of hydrogen-bond acceptors (Lipinski definition) is 3. The minimum atomic E-state index is 0.0750. The van der Waals surface area contributed by atoms with Gasteiger partial charge in [-0.05, 0) is 42.7 Å². The van der Waals surface area contributed by atoms with Crippen LogP contribution in [-0.4, -0.2) is 11.9 Å². The van der Waals surface area contributed by atoms with Gasteiger partial charge in [0.2, 0.25) is 5.91 Å². The Morgan fingerprint density at radius 3 is 2.87 bits per heavy atom. The summed E-state index contributed by atoms with van der Waals surface area (Å²) in [5.74, 6) is 0.0750. The van der Waals surface area contributed by atoms with Crippen LogP contribution in [0.3, 0.4) is 0 Å². The minimum absolute atomic E-state index is 0.0750. The van der Waals surface area contributed by atoms with Crippen LogP contribution in [0.15, 0.2) is 16.8 Å². The molecule has 2 atom stereocenters. The van der Waals surface area contributed by atoms with Crippen LogP contribution >= 0.6 is 11.3 Å². The van der Waals surface area contributed by atoms with Gasteiger partial charge in [0.25, 0.3) is 0 Å². The maximum Gasteiger partial charge on any atom is 0.220 e. The van der Waals surface area contributed by atoms with Gasteiger partial charge in [-0.25, -0.2) is 0 Å². The van der Waals surface area contributed by atoms with E-state index in [1.54, 1.807) is 11.3 Å². The third-order valence-electron chi connectivity index (χ3n) is 2.25. The van der Waals surface area contributed by atoms with E-state index in [1.807, 2.05) is 25.3 Å². The summed E-state index contributed by atoms with van der Waals surface area (Å²) >= 11 is 1.64. The number of nitrogens with two attached hydrogens (primary N) is 1. The molecular weight excluding hydrogens is 208 g/mol. The van der Waals surface area contributed by atoms with Crippen molar-refractivity contribution in [3.05, 3.63) is 22.4 Å². The van der Waals surface area contributed by atoms with Crippen molar-refractivity contribution in [3.63, 3.8) is 0 Å².